The van der Waals surface area contributed by atoms with E-state index < -0.39 is 20.0 Å². The van der Waals surface area contributed by atoms with E-state index in [4.69, 9.17) is 0 Å². The Balaban J connectivity index is 1.26. The molecule has 44 heavy (non-hydrogen) atoms. The van der Waals surface area contributed by atoms with Gasteiger partial charge in [-0.2, -0.15) is 0 Å². The summed E-state index contributed by atoms with van der Waals surface area (Å²) >= 11 is 0. The number of nitrogens with one attached hydrogen (secondary N) is 2. The van der Waals surface area contributed by atoms with Gasteiger partial charge in [0.2, 0.25) is 20.0 Å². The van der Waals surface area contributed by atoms with Crippen LogP contribution < -0.4 is 19.2 Å². The third kappa shape index (κ3) is 8.91. The minimum Gasteiger partial charge on any atom is -0.350 e. The van der Waals surface area contributed by atoms with Crippen LogP contribution in [0.2, 0.25) is 0 Å². The first-order valence-electron chi connectivity index (χ1n) is 13.7. The van der Waals surface area contributed by atoms with Gasteiger partial charge in [-0.25, -0.2) is 16.8 Å². The summed E-state index contributed by atoms with van der Waals surface area (Å²) in [6.45, 7) is 0.642. The number of carbonyl (C=O) groups excluding carboxylic acids is 2. The number of nitrogens with zero attached hydrogens (tertiary/aromatic N) is 2. The maximum atomic E-state index is 12.6. The van der Waals surface area contributed by atoms with E-state index in [1.165, 1.54) is 8.61 Å². The molecule has 230 valence electrons. The third-order valence-corrected chi connectivity index (χ3v) is 8.95. The fourth-order valence-corrected chi connectivity index (χ4v) is 6.18. The molecule has 4 aromatic rings. The van der Waals surface area contributed by atoms with Crippen LogP contribution in [-0.2, 0) is 33.1 Å². The van der Waals surface area contributed by atoms with E-state index in [9.17, 15) is 26.4 Å². The van der Waals surface area contributed by atoms with Crippen molar-refractivity contribution >= 4 is 43.2 Å². The molecule has 12 heteroatoms. The van der Waals surface area contributed by atoms with Gasteiger partial charge in [0, 0.05) is 24.2 Å². The monoisotopic (exact) mass is 634 g/mol. The molecule has 0 saturated heterocycles. The normalized spacial score (nSPS) is 11.4. The molecule has 0 radical (unpaired) electrons. The number of amides is 2. The molecule has 4 rings (SSSR count). The zero-order valence-corrected chi connectivity index (χ0v) is 26.0. The Morgan fingerprint density at radius 1 is 0.523 bits per heavy atom. The van der Waals surface area contributed by atoms with E-state index in [2.05, 4.69) is 10.6 Å². The lowest BCUT2D eigenvalue weighted by Gasteiger charge is -2.22. The topological polar surface area (TPSA) is 133 Å². The summed E-state index contributed by atoms with van der Waals surface area (Å²) < 4.78 is 52.0. The predicted octanol–water partition coefficient (Wildman–Crippen LogP) is 3.78. The Kier molecular flexibility index (Phi) is 10.4. The Morgan fingerprint density at radius 3 is 1.14 bits per heavy atom. The largest absolute Gasteiger partial charge is 0.350 e. The summed E-state index contributed by atoms with van der Waals surface area (Å²) in [5, 5.41) is 5.51. The molecule has 0 saturated carbocycles. The first kappa shape index (κ1) is 32.2. The molecule has 0 aliphatic carbocycles. The summed E-state index contributed by atoms with van der Waals surface area (Å²) in [7, 11) is -7.02. The molecular formula is C32H34N4O6S2. The fraction of sp³-hybridized carbons (Fsp3) is 0.188. The second kappa shape index (κ2) is 14.2. The quantitative estimate of drug-likeness (QED) is 0.215. The second-order valence-corrected chi connectivity index (χ2v) is 13.9. The number of sulfonamides is 2. The van der Waals surface area contributed by atoms with Crippen molar-refractivity contribution in [1.82, 2.24) is 10.6 Å². The van der Waals surface area contributed by atoms with Crippen LogP contribution in [-0.4, -0.2) is 54.3 Å². The standard InChI is InChI=1S/C32H34N4O6S2/c1-43(39,40)35(29-9-5-3-6-10-29)23-25-13-17-27(18-14-25)31(37)33-21-22-34-32(38)28-19-15-26(16-20-28)24-36(44(2,41)42)30-11-7-4-8-12-30/h3-20H,21-24H2,1-2H3,(H,33,37)(H,34,38). The Morgan fingerprint density at radius 2 is 0.841 bits per heavy atom. The third-order valence-electron chi connectivity index (χ3n) is 6.67. The molecule has 0 unspecified atom stereocenters. The van der Waals surface area contributed by atoms with E-state index >= 15 is 0 Å². The second-order valence-electron chi connectivity index (χ2n) is 10.1. The molecule has 4 aromatic carbocycles. The highest BCUT2D eigenvalue weighted by molar-refractivity contribution is 7.92. The van der Waals surface area contributed by atoms with Crippen LogP contribution in [0.3, 0.4) is 0 Å². The maximum absolute atomic E-state index is 12.6. The van der Waals surface area contributed by atoms with Gasteiger partial charge in [-0.1, -0.05) is 60.7 Å². The van der Waals surface area contributed by atoms with Crippen molar-refractivity contribution in [3.8, 4) is 0 Å². The van der Waals surface area contributed by atoms with Gasteiger partial charge in [0.1, 0.15) is 0 Å². The van der Waals surface area contributed by atoms with Crippen molar-refractivity contribution in [1.29, 1.82) is 0 Å². The van der Waals surface area contributed by atoms with E-state index in [-0.39, 0.29) is 38.0 Å². The van der Waals surface area contributed by atoms with Crippen molar-refractivity contribution < 1.29 is 26.4 Å². The molecular weight excluding hydrogens is 601 g/mol. The molecule has 2 amide bonds. The van der Waals surface area contributed by atoms with Gasteiger partial charge in [-0.05, 0) is 59.7 Å². The smallest absolute Gasteiger partial charge is 0.251 e. The summed E-state index contributed by atoms with van der Waals surface area (Å²) in [4.78, 5) is 25.2. The van der Waals surface area contributed by atoms with Crippen LogP contribution in [0.15, 0.2) is 109 Å². The van der Waals surface area contributed by atoms with Crippen molar-refractivity contribution in [2.24, 2.45) is 0 Å². The van der Waals surface area contributed by atoms with Crippen molar-refractivity contribution in [3.05, 3.63) is 131 Å². The summed E-state index contributed by atoms with van der Waals surface area (Å²) in [6.07, 6.45) is 2.30. The number of benzene rings is 4. The minimum atomic E-state index is -3.51. The zero-order valence-electron chi connectivity index (χ0n) is 24.4. The van der Waals surface area contributed by atoms with Crippen molar-refractivity contribution in [2.45, 2.75) is 13.1 Å². The Bertz CT molecular complexity index is 1650. The van der Waals surface area contributed by atoms with Gasteiger partial charge >= 0.3 is 0 Å². The lowest BCUT2D eigenvalue weighted by atomic mass is 10.1. The Hall–Kier alpha value is -4.68. The maximum Gasteiger partial charge on any atom is 0.251 e. The molecule has 0 spiro atoms. The van der Waals surface area contributed by atoms with E-state index in [0.717, 1.165) is 23.6 Å². The number of anilines is 2. The average Bonchev–Trinajstić information content (AvgIpc) is 3.01. The number of carbonyl (C=O) groups is 2. The molecule has 10 nitrogen and oxygen atoms in total. The van der Waals surface area contributed by atoms with Crippen LogP contribution >= 0.6 is 0 Å². The van der Waals surface area contributed by atoms with Gasteiger partial charge in [-0.15, -0.1) is 0 Å². The predicted molar refractivity (Wildman–Crippen MR) is 172 cm³/mol. The molecule has 0 aromatic heterocycles. The fourth-order valence-electron chi connectivity index (χ4n) is 4.40. The molecule has 0 atom stereocenters. The molecule has 0 bridgehead atoms. The molecule has 0 fully saturated rings. The molecule has 2 N–H and O–H groups in total. The van der Waals surface area contributed by atoms with Crippen LogP contribution in [0.5, 0.6) is 0 Å². The van der Waals surface area contributed by atoms with E-state index in [1.807, 2.05) is 12.1 Å². The van der Waals surface area contributed by atoms with Crippen LogP contribution in [0.4, 0.5) is 11.4 Å². The van der Waals surface area contributed by atoms with Gasteiger partial charge in [0.05, 0.1) is 37.0 Å². The summed E-state index contributed by atoms with van der Waals surface area (Å²) in [5.41, 5.74) is 3.35. The van der Waals surface area contributed by atoms with Crippen LogP contribution in [0, 0.1) is 0 Å². The number of hydrogen-bond acceptors (Lipinski definition) is 6. The minimum absolute atomic E-state index is 0.126. The van der Waals surface area contributed by atoms with Crippen molar-refractivity contribution in [3.63, 3.8) is 0 Å². The lowest BCUT2D eigenvalue weighted by Crippen LogP contribution is -2.34. The zero-order chi connectivity index (χ0) is 31.7. The highest BCUT2D eigenvalue weighted by Crippen LogP contribution is 2.21. The number of rotatable bonds is 13. The molecule has 0 aliphatic heterocycles. The van der Waals surface area contributed by atoms with Gasteiger partial charge in [0.25, 0.3) is 11.8 Å². The average molecular weight is 635 g/mol. The van der Waals surface area contributed by atoms with Crippen LogP contribution in [0.25, 0.3) is 0 Å². The SMILES string of the molecule is CS(=O)(=O)N(Cc1ccc(C(=O)NCCNC(=O)c2ccc(CN(c3ccccc3)S(C)(=O)=O)cc2)cc1)c1ccccc1. The van der Waals surface area contributed by atoms with E-state index in [0.29, 0.717) is 22.5 Å². The van der Waals surface area contributed by atoms with Gasteiger partial charge < -0.3 is 10.6 Å². The molecule has 0 aliphatic rings. The first-order chi connectivity index (χ1) is 20.9. The summed E-state index contributed by atoms with van der Waals surface area (Å²) in [5.74, 6) is -0.654. The highest BCUT2D eigenvalue weighted by atomic mass is 32.2. The number of para-hydroxylation sites is 2. The van der Waals surface area contributed by atoms with E-state index in [1.54, 1.807) is 97.1 Å². The summed E-state index contributed by atoms with van der Waals surface area (Å²) in [6, 6.07) is 30.9. The van der Waals surface area contributed by atoms with Gasteiger partial charge in [0.15, 0.2) is 0 Å². The number of hydrogen-bond donors (Lipinski definition) is 2. The highest BCUT2D eigenvalue weighted by Gasteiger charge is 2.19. The lowest BCUT2D eigenvalue weighted by molar-refractivity contribution is 0.0927. The van der Waals surface area contributed by atoms with Crippen LogP contribution in [0.1, 0.15) is 31.8 Å². The Labute approximate surface area is 258 Å². The first-order valence-corrected chi connectivity index (χ1v) is 17.4. The van der Waals surface area contributed by atoms with Gasteiger partial charge in [-0.3, -0.25) is 18.2 Å². The van der Waals surface area contributed by atoms with Crippen molar-refractivity contribution in [2.75, 3.05) is 34.2 Å². The molecule has 0 heterocycles.